The van der Waals surface area contributed by atoms with Crippen molar-refractivity contribution in [1.82, 2.24) is 4.90 Å². The van der Waals surface area contributed by atoms with E-state index in [1.165, 1.54) is 11.1 Å². The van der Waals surface area contributed by atoms with Gasteiger partial charge in [0.2, 0.25) is 0 Å². The Labute approximate surface area is 136 Å². The molecule has 0 spiro atoms. The lowest BCUT2D eigenvalue weighted by molar-refractivity contribution is -0.136. The number of para-hydroxylation sites is 2. The summed E-state index contributed by atoms with van der Waals surface area (Å²) >= 11 is 0. The average Bonchev–Trinajstić information content (AvgIpc) is 2.59. The van der Waals surface area contributed by atoms with E-state index in [1.54, 1.807) is 13.2 Å². The summed E-state index contributed by atoms with van der Waals surface area (Å²) in [4.78, 5) is 14.4. The summed E-state index contributed by atoms with van der Waals surface area (Å²) in [6, 6.07) is 15.8. The highest BCUT2D eigenvalue weighted by atomic mass is 16.5. The second kappa shape index (κ2) is 6.73. The number of nitrogens with zero attached hydrogens (tertiary/aromatic N) is 1. The highest BCUT2D eigenvalue weighted by Crippen LogP contribution is 2.27. The molecule has 1 aliphatic rings. The van der Waals surface area contributed by atoms with Crippen LogP contribution in [0, 0.1) is 0 Å². The van der Waals surface area contributed by atoms with E-state index in [4.69, 9.17) is 9.47 Å². The molecule has 120 valence electrons. The smallest absolute Gasteiger partial charge is 0.261 e. The molecule has 1 atom stereocenters. The van der Waals surface area contributed by atoms with Crippen molar-refractivity contribution in [2.24, 2.45) is 0 Å². The Hall–Kier alpha value is -2.49. The molecule has 0 bridgehead atoms. The number of fused-ring (bicyclic) bond motifs is 1. The standard InChI is InChI=1S/C19H21NO3/c1-14-11-15-7-3-4-8-16(15)12-20(14)19(21)13-23-18-10-6-5-9-17(18)22-2/h3-10,14H,11-13H2,1-2H3. The molecule has 0 aromatic heterocycles. The van der Waals surface area contributed by atoms with Crippen LogP contribution in [0.15, 0.2) is 48.5 Å². The van der Waals surface area contributed by atoms with Crippen molar-refractivity contribution in [2.75, 3.05) is 13.7 Å². The van der Waals surface area contributed by atoms with E-state index in [0.717, 1.165) is 6.42 Å². The van der Waals surface area contributed by atoms with Crippen LogP contribution in [-0.4, -0.2) is 30.6 Å². The van der Waals surface area contributed by atoms with Crippen molar-refractivity contribution >= 4 is 5.91 Å². The average molecular weight is 311 g/mol. The molecule has 0 saturated heterocycles. The molecule has 2 aromatic rings. The van der Waals surface area contributed by atoms with Crippen molar-refractivity contribution in [2.45, 2.75) is 25.9 Å². The van der Waals surface area contributed by atoms with Crippen LogP contribution in [0.1, 0.15) is 18.1 Å². The molecule has 0 aliphatic carbocycles. The molecule has 1 heterocycles. The molecule has 0 saturated carbocycles. The van der Waals surface area contributed by atoms with Gasteiger partial charge in [0.05, 0.1) is 7.11 Å². The van der Waals surface area contributed by atoms with Crippen molar-refractivity contribution in [1.29, 1.82) is 0 Å². The summed E-state index contributed by atoms with van der Waals surface area (Å²) in [7, 11) is 1.59. The zero-order chi connectivity index (χ0) is 16.2. The maximum atomic E-state index is 12.6. The van der Waals surface area contributed by atoms with Crippen molar-refractivity contribution in [3.05, 3.63) is 59.7 Å². The number of rotatable bonds is 4. The summed E-state index contributed by atoms with van der Waals surface area (Å²) < 4.78 is 10.9. The molecule has 4 nitrogen and oxygen atoms in total. The van der Waals surface area contributed by atoms with E-state index in [0.29, 0.717) is 18.0 Å². The van der Waals surface area contributed by atoms with E-state index in [1.807, 2.05) is 35.2 Å². The number of ether oxygens (including phenoxy) is 2. The monoisotopic (exact) mass is 311 g/mol. The topological polar surface area (TPSA) is 38.8 Å². The van der Waals surface area contributed by atoms with Crippen LogP contribution in [0.3, 0.4) is 0 Å². The van der Waals surface area contributed by atoms with Crippen LogP contribution in [0.4, 0.5) is 0 Å². The van der Waals surface area contributed by atoms with Gasteiger partial charge < -0.3 is 14.4 Å². The van der Waals surface area contributed by atoms with Crippen LogP contribution in [0.25, 0.3) is 0 Å². The third-order valence-corrected chi connectivity index (χ3v) is 4.25. The van der Waals surface area contributed by atoms with Crippen LogP contribution in [0.2, 0.25) is 0 Å². The van der Waals surface area contributed by atoms with E-state index in [9.17, 15) is 4.79 Å². The van der Waals surface area contributed by atoms with Crippen molar-refractivity contribution < 1.29 is 14.3 Å². The van der Waals surface area contributed by atoms with E-state index in [2.05, 4.69) is 19.1 Å². The first kappa shape index (κ1) is 15.4. The number of hydrogen-bond acceptors (Lipinski definition) is 3. The Morgan fingerprint density at radius 1 is 1.09 bits per heavy atom. The molecule has 0 radical (unpaired) electrons. The number of methoxy groups -OCH3 is 1. The van der Waals surface area contributed by atoms with Crippen LogP contribution in [0.5, 0.6) is 11.5 Å². The Balaban J connectivity index is 1.67. The van der Waals surface area contributed by atoms with Crippen LogP contribution < -0.4 is 9.47 Å². The predicted octanol–water partition coefficient (Wildman–Crippen LogP) is 3.05. The molecule has 1 unspecified atom stereocenters. The molecular weight excluding hydrogens is 290 g/mol. The predicted molar refractivity (Wildman–Crippen MR) is 88.6 cm³/mol. The fourth-order valence-corrected chi connectivity index (χ4v) is 2.97. The minimum absolute atomic E-state index is 0.00194. The molecule has 1 amide bonds. The zero-order valence-corrected chi connectivity index (χ0v) is 13.5. The van der Waals surface area contributed by atoms with Gasteiger partial charge in [0, 0.05) is 12.6 Å². The zero-order valence-electron chi connectivity index (χ0n) is 13.5. The van der Waals surface area contributed by atoms with E-state index in [-0.39, 0.29) is 18.6 Å². The van der Waals surface area contributed by atoms with Gasteiger partial charge in [-0.05, 0) is 36.6 Å². The van der Waals surface area contributed by atoms with Gasteiger partial charge in [-0.2, -0.15) is 0 Å². The second-order valence-corrected chi connectivity index (χ2v) is 5.78. The van der Waals surface area contributed by atoms with Crippen molar-refractivity contribution in [3.8, 4) is 11.5 Å². The molecular formula is C19H21NO3. The molecule has 23 heavy (non-hydrogen) atoms. The minimum atomic E-state index is -0.00194. The molecule has 1 aliphatic heterocycles. The fraction of sp³-hybridized carbons (Fsp3) is 0.316. The first-order valence-electron chi connectivity index (χ1n) is 7.81. The minimum Gasteiger partial charge on any atom is -0.493 e. The Bertz CT molecular complexity index is 699. The summed E-state index contributed by atoms with van der Waals surface area (Å²) in [5.74, 6) is 1.23. The van der Waals surface area contributed by atoms with Crippen LogP contribution in [-0.2, 0) is 17.8 Å². The lowest BCUT2D eigenvalue weighted by atomic mass is 9.95. The van der Waals surface area contributed by atoms with Crippen molar-refractivity contribution in [3.63, 3.8) is 0 Å². The highest BCUT2D eigenvalue weighted by Gasteiger charge is 2.26. The number of carbonyl (C=O) groups is 1. The maximum absolute atomic E-state index is 12.6. The quantitative estimate of drug-likeness (QED) is 0.871. The molecule has 0 N–H and O–H groups in total. The van der Waals surface area contributed by atoms with Crippen LogP contribution >= 0.6 is 0 Å². The lowest BCUT2D eigenvalue weighted by Crippen LogP contribution is -2.44. The van der Waals surface area contributed by atoms with E-state index >= 15 is 0 Å². The third-order valence-electron chi connectivity index (χ3n) is 4.25. The Morgan fingerprint density at radius 2 is 1.74 bits per heavy atom. The van der Waals surface area contributed by atoms with Gasteiger partial charge >= 0.3 is 0 Å². The summed E-state index contributed by atoms with van der Waals surface area (Å²) in [6.07, 6.45) is 0.885. The van der Waals surface area contributed by atoms with Gasteiger partial charge in [0.1, 0.15) is 0 Å². The van der Waals surface area contributed by atoms with Gasteiger partial charge in [-0.25, -0.2) is 0 Å². The summed E-state index contributed by atoms with van der Waals surface area (Å²) in [5, 5.41) is 0. The molecule has 3 rings (SSSR count). The molecule has 2 aromatic carbocycles. The molecule has 0 fully saturated rings. The summed E-state index contributed by atoms with van der Waals surface area (Å²) in [6.45, 7) is 2.75. The Kier molecular flexibility index (Phi) is 4.51. The van der Waals surface area contributed by atoms with E-state index < -0.39 is 0 Å². The van der Waals surface area contributed by atoms with Gasteiger partial charge in [-0.3, -0.25) is 4.79 Å². The SMILES string of the molecule is COc1ccccc1OCC(=O)N1Cc2ccccc2CC1C. The fourth-order valence-electron chi connectivity index (χ4n) is 2.97. The summed E-state index contributed by atoms with van der Waals surface area (Å²) in [5.41, 5.74) is 2.55. The number of carbonyl (C=O) groups excluding carboxylic acids is 1. The number of hydrogen-bond donors (Lipinski definition) is 0. The van der Waals surface area contributed by atoms with Gasteiger partial charge in [-0.1, -0.05) is 36.4 Å². The highest BCUT2D eigenvalue weighted by molar-refractivity contribution is 5.78. The normalized spacial score (nSPS) is 16.6. The largest absolute Gasteiger partial charge is 0.493 e. The second-order valence-electron chi connectivity index (χ2n) is 5.78. The van der Waals surface area contributed by atoms with Gasteiger partial charge in [0.25, 0.3) is 5.91 Å². The maximum Gasteiger partial charge on any atom is 0.261 e. The lowest BCUT2D eigenvalue weighted by Gasteiger charge is -2.34. The number of benzene rings is 2. The third kappa shape index (κ3) is 3.31. The first-order chi connectivity index (χ1) is 11.2. The van der Waals surface area contributed by atoms with Gasteiger partial charge in [-0.15, -0.1) is 0 Å². The Morgan fingerprint density at radius 3 is 2.48 bits per heavy atom. The number of amides is 1. The van der Waals surface area contributed by atoms with Gasteiger partial charge in [0.15, 0.2) is 18.1 Å². The molecule has 4 heteroatoms. The first-order valence-corrected chi connectivity index (χ1v) is 7.81.